The van der Waals surface area contributed by atoms with E-state index < -0.39 is 0 Å². The van der Waals surface area contributed by atoms with E-state index >= 15 is 0 Å². The van der Waals surface area contributed by atoms with Gasteiger partial charge >= 0.3 is 12.1 Å². The minimum absolute atomic E-state index is 0.162. The highest BCUT2D eigenvalue weighted by Crippen LogP contribution is 1.97. The second kappa shape index (κ2) is 13.5. The quantitative estimate of drug-likeness (QED) is 0.342. The highest BCUT2D eigenvalue weighted by atomic mass is 16.2. The van der Waals surface area contributed by atoms with Crippen molar-refractivity contribution in [2.24, 2.45) is 0 Å². The van der Waals surface area contributed by atoms with E-state index in [1.165, 1.54) is 0 Å². The van der Waals surface area contributed by atoms with Gasteiger partial charge in [-0.1, -0.05) is 25.0 Å². The van der Waals surface area contributed by atoms with Crippen molar-refractivity contribution in [2.75, 3.05) is 26.2 Å². The number of unbranched alkanes of at least 4 members (excludes halogenated alkanes) is 3. The summed E-state index contributed by atoms with van der Waals surface area (Å²) < 4.78 is 0. The predicted octanol–water partition coefficient (Wildman–Crippen LogP) is 1.52. The maximum atomic E-state index is 11.2. The molecule has 0 fully saturated rings. The van der Waals surface area contributed by atoms with E-state index in [9.17, 15) is 9.59 Å². The standard InChI is InChI=1S/C14H26N4O2/c1-3-9-15-13(19)17-11-7-5-6-8-12-18-14(20)16-10-4-2/h3-4H,1-2,5-12H2,(H2,15,17,19)(H2,16,18,20). The van der Waals surface area contributed by atoms with E-state index in [1.54, 1.807) is 12.2 Å². The number of hydrogen-bond acceptors (Lipinski definition) is 2. The molecule has 0 spiro atoms. The molecule has 0 unspecified atom stereocenters. The van der Waals surface area contributed by atoms with Crippen LogP contribution in [-0.4, -0.2) is 38.2 Å². The molecule has 114 valence electrons. The van der Waals surface area contributed by atoms with Crippen LogP contribution in [0, 0.1) is 0 Å². The van der Waals surface area contributed by atoms with Crippen LogP contribution in [0.1, 0.15) is 25.7 Å². The number of carbonyl (C=O) groups excluding carboxylic acids is 2. The first kappa shape index (κ1) is 18.0. The molecule has 0 aliphatic heterocycles. The molecule has 4 N–H and O–H groups in total. The fourth-order valence-electron chi connectivity index (χ4n) is 1.46. The second-order valence-corrected chi connectivity index (χ2v) is 4.27. The lowest BCUT2D eigenvalue weighted by atomic mass is 10.2. The number of hydrogen-bond donors (Lipinski definition) is 4. The number of carbonyl (C=O) groups is 2. The summed E-state index contributed by atoms with van der Waals surface area (Å²) in [6.45, 7) is 9.32. The van der Waals surface area contributed by atoms with E-state index in [1.807, 2.05) is 0 Å². The molecule has 0 bridgehead atoms. The van der Waals surface area contributed by atoms with Crippen LogP contribution in [0.2, 0.25) is 0 Å². The number of amides is 4. The van der Waals surface area contributed by atoms with Crippen LogP contribution in [0.3, 0.4) is 0 Å². The lowest BCUT2D eigenvalue weighted by Crippen LogP contribution is -2.36. The summed E-state index contributed by atoms with van der Waals surface area (Å²) in [5.41, 5.74) is 0. The maximum Gasteiger partial charge on any atom is 0.315 e. The molecule has 0 heterocycles. The number of rotatable bonds is 11. The van der Waals surface area contributed by atoms with Gasteiger partial charge in [0.1, 0.15) is 0 Å². The van der Waals surface area contributed by atoms with Crippen LogP contribution >= 0.6 is 0 Å². The molecule has 6 nitrogen and oxygen atoms in total. The van der Waals surface area contributed by atoms with Gasteiger partial charge in [0.05, 0.1) is 0 Å². The molecule has 0 aromatic heterocycles. The van der Waals surface area contributed by atoms with Crippen molar-refractivity contribution in [3.8, 4) is 0 Å². The fraction of sp³-hybridized carbons (Fsp3) is 0.571. The third-order valence-electron chi connectivity index (χ3n) is 2.49. The summed E-state index contributed by atoms with van der Waals surface area (Å²) in [6, 6.07) is -0.323. The lowest BCUT2D eigenvalue weighted by molar-refractivity contribution is 0.240. The Labute approximate surface area is 121 Å². The van der Waals surface area contributed by atoms with Gasteiger partial charge in [0.2, 0.25) is 0 Å². The highest BCUT2D eigenvalue weighted by molar-refractivity contribution is 5.74. The van der Waals surface area contributed by atoms with Gasteiger partial charge in [-0.25, -0.2) is 9.59 Å². The van der Waals surface area contributed by atoms with Crippen molar-refractivity contribution < 1.29 is 9.59 Å². The Kier molecular flexibility index (Phi) is 12.1. The van der Waals surface area contributed by atoms with Crippen molar-refractivity contribution >= 4 is 12.1 Å². The molecule has 4 amide bonds. The normalized spacial score (nSPS) is 9.40. The van der Waals surface area contributed by atoms with Crippen LogP contribution in [0.15, 0.2) is 25.3 Å². The van der Waals surface area contributed by atoms with Crippen LogP contribution in [0.4, 0.5) is 9.59 Å². The van der Waals surface area contributed by atoms with Crippen molar-refractivity contribution in [1.29, 1.82) is 0 Å². The SMILES string of the molecule is C=CCNC(=O)NCCCCCCNC(=O)NCC=C. The minimum atomic E-state index is -0.162. The monoisotopic (exact) mass is 282 g/mol. The molecule has 0 saturated heterocycles. The zero-order chi connectivity index (χ0) is 15.1. The van der Waals surface area contributed by atoms with E-state index in [2.05, 4.69) is 34.4 Å². The first-order chi connectivity index (χ1) is 9.70. The Morgan fingerprint density at radius 2 is 1.10 bits per heavy atom. The van der Waals surface area contributed by atoms with Gasteiger partial charge in [-0.05, 0) is 12.8 Å². The van der Waals surface area contributed by atoms with Crippen molar-refractivity contribution in [3.05, 3.63) is 25.3 Å². The van der Waals surface area contributed by atoms with Crippen molar-refractivity contribution in [2.45, 2.75) is 25.7 Å². The van der Waals surface area contributed by atoms with Crippen LogP contribution in [0.5, 0.6) is 0 Å². The number of urea groups is 2. The van der Waals surface area contributed by atoms with E-state index in [4.69, 9.17) is 0 Å². The van der Waals surface area contributed by atoms with Crippen LogP contribution in [-0.2, 0) is 0 Å². The Morgan fingerprint density at radius 3 is 1.45 bits per heavy atom. The summed E-state index contributed by atoms with van der Waals surface area (Å²) >= 11 is 0. The summed E-state index contributed by atoms with van der Waals surface area (Å²) in [5.74, 6) is 0. The highest BCUT2D eigenvalue weighted by Gasteiger charge is 1.98. The van der Waals surface area contributed by atoms with E-state index in [0.29, 0.717) is 26.2 Å². The van der Waals surface area contributed by atoms with Crippen LogP contribution < -0.4 is 21.3 Å². The smallest absolute Gasteiger partial charge is 0.315 e. The molecule has 0 saturated carbocycles. The molecule has 0 aliphatic rings. The first-order valence-corrected chi connectivity index (χ1v) is 6.96. The van der Waals surface area contributed by atoms with Gasteiger partial charge in [0.15, 0.2) is 0 Å². The first-order valence-electron chi connectivity index (χ1n) is 6.96. The molecular weight excluding hydrogens is 256 g/mol. The molecule has 0 radical (unpaired) electrons. The Balaban J connectivity index is 3.24. The summed E-state index contributed by atoms with van der Waals surface area (Å²) in [6.07, 6.45) is 7.19. The third-order valence-corrected chi connectivity index (χ3v) is 2.49. The van der Waals surface area contributed by atoms with Crippen molar-refractivity contribution in [1.82, 2.24) is 21.3 Å². The molecular formula is C14H26N4O2. The van der Waals surface area contributed by atoms with E-state index in [-0.39, 0.29) is 12.1 Å². The number of nitrogens with one attached hydrogen (secondary N) is 4. The Hall–Kier alpha value is -1.98. The molecule has 0 aromatic carbocycles. The molecule has 0 atom stereocenters. The van der Waals surface area contributed by atoms with Gasteiger partial charge in [-0.2, -0.15) is 0 Å². The predicted molar refractivity (Wildman–Crippen MR) is 81.7 cm³/mol. The van der Waals surface area contributed by atoms with Gasteiger partial charge in [0, 0.05) is 26.2 Å². The summed E-state index contributed by atoms with van der Waals surface area (Å²) in [5, 5.41) is 10.8. The third kappa shape index (κ3) is 12.5. The average molecular weight is 282 g/mol. The summed E-state index contributed by atoms with van der Waals surface area (Å²) in [4.78, 5) is 22.3. The fourth-order valence-corrected chi connectivity index (χ4v) is 1.46. The largest absolute Gasteiger partial charge is 0.338 e. The average Bonchev–Trinajstić information content (AvgIpc) is 2.45. The van der Waals surface area contributed by atoms with Crippen LogP contribution in [0.25, 0.3) is 0 Å². The lowest BCUT2D eigenvalue weighted by Gasteiger charge is -2.07. The topological polar surface area (TPSA) is 82.3 Å². The molecule has 6 heteroatoms. The molecule has 20 heavy (non-hydrogen) atoms. The maximum absolute atomic E-state index is 11.2. The molecule has 0 aromatic rings. The van der Waals surface area contributed by atoms with Gasteiger partial charge in [-0.15, -0.1) is 13.2 Å². The van der Waals surface area contributed by atoms with Gasteiger partial charge < -0.3 is 21.3 Å². The van der Waals surface area contributed by atoms with Gasteiger partial charge in [-0.3, -0.25) is 0 Å². The summed E-state index contributed by atoms with van der Waals surface area (Å²) in [7, 11) is 0. The molecule has 0 aliphatic carbocycles. The Morgan fingerprint density at radius 1 is 0.700 bits per heavy atom. The Bertz CT molecular complexity index is 276. The zero-order valence-corrected chi connectivity index (χ0v) is 12.0. The second-order valence-electron chi connectivity index (χ2n) is 4.27. The van der Waals surface area contributed by atoms with E-state index in [0.717, 1.165) is 25.7 Å². The zero-order valence-electron chi connectivity index (χ0n) is 12.0. The molecule has 0 rings (SSSR count). The minimum Gasteiger partial charge on any atom is -0.338 e. The van der Waals surface area contributed by atoms with Gasteiger partial charge in [0.25, 0.3) is 0 Å². The van der Waals surface area contributed by atoms with Crippen molar-refractivity contribution in [3.63, 3.8) is 0 Å².